The van der Waals surface area contributed by atoms with E-state index >= 15 is 0 Å². The van der Waals surface area contributed by atoms with Gasteiger partial charge in [0.15, 0.2) is 0 Å². The third kappa shape index (κ3) is 9.48. The van der Waals surface area contributed by atoms with Crippen LogP contribution in [0.15, 0.2) is 24.5 Å². The first-order valence-corrected chi connectivity index (χ1v) is 5.80. The molecular weight excluding hydrogens is 218 g/mol. The van der Waals surface area contributed by atoms with Crippen molar-refractivity contribution in [2.24, 2.45) is 0 Å². The normalized spacial score (nSPS) is 11.9. The average molecular weight is 241 g/mol. The number of nitrogens with one attached hydrogen (secondary N) is 1. The number of rotatable bonds is 6. The molecule has 0 atom stereocenters. The minimum atomic E-state index is -0.470. The van der Waals surface area contributed by atoms with E-state index in [4.69, 9.17) is 9.47 Å². The molecule has 0 rings (SSSR count). The van der Waals surface area contributed by atoms with Crippen LogP contribution in [0.5, 0.6) is 0 Å². The van der Waals surface area contributed by atoms with Gasteiger partial charge in [-0.25, -0.2) is 4.79 Å². The molecule has 4 heteroatoms. The van der Waals surface area contributed by atoms with Crippen LogP contribution in [-0.4, -0.2) is 24.8 Å². The molecule has 17 heavy (non-hydrogen) atoms. The van der Waals surface area contributed by atoms with Gasteiger partial charge in [0.1, 0.15) is 12.2 Å². The summed E-state index contributed by atoms with van der Waals surface area (Å²) < 4.78 is 10.5. The van der Waals surface area contributed by atoms with Crippen molar-refractivity contribution in [3.05, 3.63) is 24.5 Å². The lowest BCUT2D eigenvalue weighted by atomic mass is 10.2. The zero-order valence-electron chi connectivity index (χ0n) is 11.2. The van der Waals surface area contributed by atoms with E-state index < -0.39 is 11.7 Å². The van der Waals surface area contributed by atoms with E-state index in [-0.39, 0.29) is 0 Å². The highest BCUT2D eigenvalue weighted by atomic mass is 16.6. The summed E-state index contributed by atoms with van der Waals surface area (Å²) in [6.45, 7) is 11.9. The van der Waals surface area contributed by atoms with Gasteiger partial charge < -0.3 is 14.8 Å². The first-order valence-electron chi connectivity index (χ1n) is 5.80. The van der Waals surface area contributed by atoms with Gasteiger partial charge in [0.05, 0.1) is 12.3 Å². The monoisotopic (exact) mass is 241 g/mol. The van der Waals surface area contributed by atoms with Gasteiger partial charge in [0, 0.05) is 6.42 Å². The molecule has 4 nitrogen and oxygen atoms in total. The van der Waals surface area contributed by atoms with Gasteiger partial charge in [0.25, 0.3) is 0 Å². The summed E-state index contributed by atoms with van der Waals surface area (Å²) in [5.41, 5.74) is -0.470. The third-order valence-corrected chi connectivity index (χ3v) is 1.71. The van der Waals surface area contributed by atoms with Crippen molar-refractivity contribution in [2.45, 2.75) is 39.7 Å². The highest BCUT2D eigenvalue weighted by Crippen LogP contribution is 2.06. The topological polar surface area (TPSA) is 47.6 Å². The lowest BCUT2D eigenvalue weighted by Crippen LogP contribution is -2.34. The maximum absolute atomic E-state index is 11.3. The summed E-state index contributed by atoms with van der Waals surface area (Å²) in [6.07, 6.45) is 3.87. The maximum Gasteiger partial charge on any atom is 0.407 e. The van der Waals surface area contributed by atoms with Crippen LogP contribution in [0.25, 0.3) is 0 Å². The van der Waals surface area contributed by atoms with E-state index in [0.717, 1.165) is 12.2 Å². The molecule has 0 spiro atoms. The fourth-order valence-corrected chi connectivity index (χ4v) is 1.05. The largest absolute Gasteiger partial charge is 0.496 e. The lowest BCUT2D eigenvalue weighted by molar-refractivity contribution is 0.0512. The molecule has 0 unspecified atom stereocenters. The van der Waals surface area contributed by atoms with Gasteiger partial charge in [0.2, 0.25) is 0 Å². The van der Waals surface area contributed by atoms with Crippen LogP contribution >= 0.6 is 0 Å². The quantitative estimate of drug-likeness (QED) is 0.442. The average Bonchev–Trinajstić information content (AvgIpc) is 2.20. The Balaban J connectivity index is 3.74. The first-order chi connectivity index (χ1) is 7.89. The van der Waals surface area contributed by atoms with Gasteiger partial charge in [-0.2, -0.15) is 0 Å². The molecule has 0 aliphatic carbocycles. The number of ether oxygens (including phenoxy) is 2. The number of carbonyl (C=O) groups is 1. The Hall–Kier alpha value is -1.45. The number of carbonyl (C=O) groups excluding carboxylic acids is 1. The Bertz CT molecular complexity index is 277. The standard InChI is InChI=1S/C13H23NO3/c1-6-8-11(7-2)16-10-9-14-12(15)17-13(3,4)5/h6,8H,1,7,9-10H2,2-5H3,(H,14,15)/b11-8+. The zero-order chi connectivity index (χ0) is 13.3. The van der Waals surface area contributed by atoms with Crippen LogP contribution in [0.2, 0.25) is 0 Å². The van der Waals surface area contributed by atoms with Crippen molar-refractivity contribution >= 4 is 6.09 Å². The molecule has 0 bridgehead atoms. The summed E-state index contributed by atoms with van der Waals surface area (Å²) in [4.78, 5) is 11.3. The molecule has 0 aromatic heterocycles. The number of amides is 1. The van der Waals surface area contributed by atoms with E-state index in [1.54, 1.807) is 6.08 Å². The summed E-state index contributed by atoms with van der Waals surface area (Å²) in [7, 11) is 0. The first kappa shape index (κ1) is 15.6. The molecule has 0 radical (unpaired) electrons. The van der Waals surface area contributed by atoms with Crippen molar-refractivity contribution in [3.8, 4) is 0 Å². The third-order valence-electron chi connectivity index (χ3n) is 1.71. The van der Waals surface area contributed by atoms with E-state index in [0.29, 0.717) is 13.2 Å². The van der Waals surface area contributed by atoms with Crippen LogP contribution in [0.3, 0.4) is 0 Å². The predicted molar refractivity (Wildman–Crippen MR) is 68.8 cm³/mol. The fraction of sp³-hybridized carbons (Fsp3) is 0.615. The molecule has 0 heterocycles. The highest BCUT2D eigenvalue weighted by Gasteiger charge is 2.15. The van der Waals surface area contributed by atoms with Crippen LogP contribution in [-0.2, 0) is 9.47 Å². The fourth-order valence-electron chi connectivity index (χ4n) is 1.05. The highest BCUT2D eigenvalue weighted by molar-refractivity contribution is 5.67. The van der Waals surface area contributed by atoms with E-state index in [1.165, 1.54) is 0 Å². The molecule has 0 saturated heterocycles. The molecule has 0 aliphatic heterocycles. The van der Waals surface area contributed by atoms with Crippen molar-refractivity contribution in [1.82, 2.24) is 5.32 Å². The van der Waals surface area contributed by atoms with Gasteiger partial charge in [-0.05, 0) is 26.8 Å². The second kappa shape index (κ2) is 7.76. The van der Waals surface area contributed by atoms with E-state index in [1.807, 2.05) is 33.8 Å². The summed E-state index contributed by atoms with van der Waals surface area (Å²) in [6, 6.07) is 0. The Kier molecular flexibility index (Phi) is 7.10. The zero-order valence-corrected chi connectivity index (χ0v) is 11.2. The van der Waals surface area contributed by atoms with Crippen LogP contribution < -0.4 is 5.32 Å². The van der Waals surface area contributed by atoms with Crippen molar-refractivity contribution in [1.29, 1.82) is 0 Å². The lowest BCUT2D eigenvalue weighted by Gasteiger charge is -2.19. The number of alkyl carbamates (subject to hydrolysis) is 1. The molecule has 0 fully saturated rings. The van der Waals surface area contributed by atoms with Crippen molar-refractivity contribution in [3.63, 3.8) is 0 Å². The number of hydrogen-bond donors (Lipinski definition) is 1. The Morgan fingerprint density at radius 1 is 1.41 bits per heavy atom. The van der Waals surface area contributed by atoms with Gasteiger partial charge in [-0.3, -0.25) is 0 Å². The predicted octanol–water partition coefficient (Wildman–Crippen LogP) is 3.01. The molecular formula is C13H23NO3. The minimum absolute atomic E-state index is 0.420. The minimum Gasteiger partial charge on any atom is -0.496 e. The van der Waals surface area contributed by atoms with Crippen molar-refractivity contribution < 1.29 is 14.3 Å². The molecule has 1 amide bonds. The Labute approximate surface area is 104 Å². The number of hydrogen-bond acceptors (Lipinski definition) is 3. The smallest absolute Gasteiger partial charge is 0.407 e. The van der Waals surface area contributed by atoms with Crippen LogP contribution in [0.1, 0.15) is 34.1 Å². The summed E-state index contributed by atoms with van der Waals surface area (Å²) >= 11 is 0. The van der Waals surface area contributed by atoms with E-state index in [9.17, 15) is 4.79 Å². The Morgan fingerprint density at radius 2 is 2.06 bits per heavy atom. The number of allylic oxidation sites excluding steroid dienone is 3. The van der Waals surface area contributed by atoms with Gasteiger partial charge in [-0.1, -0.05) is 19.6 Å². The van der Waals surface area contributed by atoms with Gasteiger partial charge >= 0.3 is 6.09 Å². The summed E-state index contributed by atoms with van der Waals surface area (Å²) in [5, 5.41) is 2.62. The molecule has 1 N–H and O–H groups in total. The molecule has 0 aromatic carbocycles. The maximum atomic E-state index is 11.3. The van der Waals surface area contributed by atoms with Crippen LogP contribution in [0.4, 0.5) is 4.79 Å². The van der Waals surface area contributed by atoms with Crippen molar-refractivity contribution in [2.75, 3.05) is 13.2 Å². The summed E-state index contributed by atoms with van der Waals surface area (Å²) in [5.74, 6) is 0.853. The van der Waals surface area contributed by atoms with E-state index in [2.05, 4.69) is 11.9 Å². The SMILES string of the molecule is C=C/C=C(\CC)OCCNC(=O)OC(C)(C)C. The molecule has 0 saturated carbocycles. The van der Waals surface area contributed by atoms with Gasteiger partial charge in [-0.15, -0.1) is 0 Å². The second-order valence-electron chi connectivity index (χ2n) is 4.50. The Morgan fingerprint density at radius 3 is 2.53 bits per heavy atom. The molecule has 0 aromatic rings. The van der Waals surface area contributed by atoms with Crippen LogP contribution in [0, 0.1) is 0 Å². The second-order valence-corrected chi connectivity index (χ2v) is 4.50. The molecule has 0 aliphatic rings. The molecule has 98 valence electrons.